The Hall–Kier alpha value is -1.68. The van der Waals surface area contributed by atoms with Gasteiger partial charge in [-0.1, -0.05) is 12.1 Å². The smallest absolute Gasteiger partial charge is 0.191 e. The molecule has 0 spiro atoms. The Balaban J connectivity index is 0.00000338. The van der Waals surface area contributed by atoms with E-state index in [1.165, 1.54) is 12.1 Å². The van der Waals surface area contributed by atoms with Gasteiger partial charge in [0.1, 0.15) is 5.82 Å². The first kappa shape index (κ1) is 22.4. The van der Waals surface area contributed by atoms with Crippen molar-refractivity contribution in [2.24, 2.45) is 12.0 Å². The second-order valence-corrected chi connectivity index (χ2v) is 6.13. The largest absolute Gasteiger partial charge is 0.357 e. The zero-order chi connectivity index (χ0) is 18.2. The molecule has 1 atom stereocenters. The molecular formula is C18H28FIN6. The molecule has 1 aromatic carbocycles. The molecule has 8 heteroatoms. The Bertz CT molecular complexity index is 683. The summed E-state index contributed by atoms with van der Waals surface area (Å²) in [7, 11) is 6.00. The zero-order valence-electron chi connectivity index (χ0n) is 15.7. The number of nitrogens with one attached hydrogen (secondary N) is 2. The van der Waals surface area contributed by atoms with Gasteiger partial charge in [-0.05, 0) is 38.7 Å². The fourth-order valence-electron chi connectivity index (χ4n) is 2.51. The second-order valence-electron chi connectivity index (χ2n) is 6.13. The van der Waals surface area contributed by atoms with Crippen molar-refractivity contribution in [2.75, 3.05) is 27.2 Å². The molecule has 0 aliphatic heterocycles. The Morgan fingerprint density at radius 3 is 2.50 bits per heavy atom. The maximum Gasteiger partial charge on any atom is 0.191 e. The second kappa shape index (κ2) is 11.1. The lowest BCUT2D eigenvalue weighted by Gasteiger charge is -2.24. The molecule has 0 amide bonds. The van der Waals surface area contributed by atoms with Gasteiger partial charge in [-0.25, -0.2) is 9.38 Å². The number of hydrogen-bond acceptors (Lipinski definition) is 3. The van der Waals surface area contributed by atoms with Crippen molar-refractivity contribution in [3.8, 4) is 0 Å². The number of likely N-dealkylation sites (N-methyl/N-ethyl adjacent to an activating group) is 1. The molecule has 0 fully saturated rings. The highest BCUT2D eigenvalue weighted by molar-refractivity contribution is 14.0. The van der Waals surface area contributed by atoms with Gasteiger partial charge in [-0.15, -0.1) is 24.0 Å². The summed E-state index contributed by atoms with van der Waals surface area (Å²) < 4.78 is 14.8. The molecule has 1 aromatic heterocycles. The van der Waals surface area contributed by atoms with Gasteiger partial charge >= 0.3 is 0 Å². The Labute approximate surface area is 171 Å². The van der Waals surface area contributed by atoms with Crippen LogP contribution in [0, 0.1) is 5.82 Å². The van der Waals surface area contributed by atoms with Crippen LogP contribution >= 0.6 is 24.0 Å². The molecule has 2 rings (SSSR count). The summed E-state index contributed by atoms with van der Waals surface area (Å²) in [6.07, 6.45) is 3.91. The number of guanidine groups is 1. The predicted molar refractivity (Wildman–Crippen MR) is 114 cm³/mol. The van der Waals surface area contributed by atoms with E-state index >= 15 is 0 Å². The Kier molecular flexibility index (Phi) is 9.57. The fourth-order valence-corrected chi connectivity index (χ4v) is 2.51. The quantitative estimate of drug-likeness (QED) is 0.368. The molecule has 0 radical (unpaired) electrons. The summed E-state index contributed by atoms with van der Waals surface area (Å²) in [6, 6.07) is 6.59. The van der Waals surface area contributed by atoms with Gasteiger partial charge in [0.25, 0.3) is 0 Å². The van der Waals surface area contributed by atoms with Gasteiger partial charge in [0.2, 0.25) is 0 Å². The lowest BCUT2D eigenvalue weighted by molar-refractivity contribution is 0.298. The van der Waals surface area contributed by atoms with Crippen LogP contribution in [0.2, 0.25) is 0 Å². The third kappa shape index (κ3) is 6.91. The van der Waals surface area contributed by atoms with E-state index in [1.54, 1.807) is 16.8 Å². The van der Waals surface area contributed by atoms with Crippen molar-refractivity contribution in [1.29, 1.82) is 0 Å². The lowest BCUT2D eigenvalue weighted by atomic mass is 10.1. The molecule has 1 heterocycles. The highest BCUT2D eigenvalue weighted by Crippen LogP contribution is 2.16. The maximum absolute atomic E-state index is 13.0. The first-order chi connectivity index (χ1) is 12.0. The molecule has 6 nitrogen and oxygen atoms in total. The monoisotopic (exact) mass is 474 g/mol. The van der Waals surface area contributed by atoms with E-state index in [0.717, 1.165) is 23.6 Å². The van der Waals surface area contributed by atoms with Crippen LogP contribution in [0.3, 0.4) is 0 Å². The summed E-state index contributed by atoms with van der Waals surface area (Å²) in [4.78, 5) is 6.72. The third-order valence-corrected chi connectivity index (χ3v) is 3.87. The number of aryl methyl sites for hydroxylation is 1. The normalized spacial score (nSPS) is 12.6. The molecule has 0 saturated carbocycles. The molecule has 2 aromatic rings. The first-order valence-corrected chi connectivity index (χ1v) is 8.41. The molecule has 2 N–H and O–H groups in total. The van der Waals surface area contributed by atoms with Gasteiger partial charge in [0, 0.05) is 31.9 Å². The number of nitrogens with zero attached hydrogens (tertiary/aromatic N) is 4. The molecular weight excluding hydrogens is 446 g/mol. The van der Waals surface area contributed by atoms with Crippen LogP contribution in [0.5, 0.6) is 0 Å². The zero-order valence-corrected chi connectivity index (χ0v) is 18.1. The van der Waals surface area contributed by atoms with Crippen LogP contribution in [0.25, 0.3) is 0 Å². The van der Waals surface area contributed by atoms with Crippen molar-refractivity contribution in [2.45, 2.75) is 19.5 Å². The van der Waals surface area contributed by atoms with Gasteiger partial charge in [-0.3, -0.25) is 4.68 Å². The summed E-state index contributed by atoms with van der Waals surface area (Å²) in [5.41, 5.74) is 2.12. The average Bonchev–Trinajstić information content (AvgIpc) is 3.00. The molecule has 26 heavy (non-hydrogen) atoms. The maximum atomic E-state index is 13.0. The van der Waals surface area contributed by atoms with Crippen molar-refractivity contribution in [3.05, 3.63) is 53.6 Å². The Morgan fingerprint density at radius 1 is 1.27 bits per heavy atom. The van der Waals surface area contributed by atoms with Crippen molar-refractivity contribution >= 4 is 29.9 Å². The fraction of sp³-hybridized carbons (Fsp3) is 0.444. The molecule has 144 valence electrons. The van der Waals surface area contributed by atoms with Crippen molar-refractivity contribution in [1.82, 2.24) is 25.3 Å². The van der Waals surface area contributed by atoms with Crippen LogP contribution in [-0.4, -0.2) is 47.8 Å². The summed E-state index contributed by atoms with van der Waals surface area (Å²) in [5.74, 6) is 0.505. The predicted octanol–water partition coefficient (Wildman–Crippen LogP) is 2.54. The van der Waals surface area contributed by atoms with Crippen LogP contribution in [-0.2, 0) is 13.6 Å². The first-order valence-electron chi connectivity index (χ1n) is 8.41. The Morgan fingerprint density at radius 2 is 1.96 bits per heavy atom. The number of halogens is 2. The van der Waals surface area contributed by atoms with E-state index in [0.29, 0.717) is 13.1 Å². The highest BCUT2D eigenvalue weighted by Gasteiger charge is 2.16. The van der Waals surface area contributed by atoms with Crippen LogP contribution in [0.15, 0.2) is 41.7 Å². The van der Waals surface area contributed by atoms with Gasteiger partial charge in [-0.2, -0.15) is 5.10 Å². The minimum absolute atomic E-state index is 0. The summed E-state index contributed by atoms with van der Waals surface area (Å²) in [5, 5.41) is 10.9. The topological polar surface area (TPSA) is 57.5 Å². The van der Waals surface area contributed by atoms with Gasteiger partial charge < -0.3 is 15.5 Å². The van der Waals surface area contributed by atoms with E-state index in [2.05, 4.69) is 25.6 Å². The molecule has 0 bridgehead atoms. The molecule has 0 saturated heterocycles. The van der Waals surface area contributed by atoms with E-state index in [4.69, 9.17) is 0 Å². The number of benzene rings is 1. The average molecular weight is 474 g/mol. The van der Waals surface area contributed by atoms with Crippen molar-refractivity contribution < 1.29 is 4.39 Å². The number of aliphatic imine (C=N–C) groups is 1. The van der Waals surface area contributed by atoms with Gasteiger partial charge in [0.15, 0.2) is 5.96 Å². The highest BCUT2D eigenvalue weighted by atomic mass is 127. The standard InChI is InChI=1S/C18H27FN6.HI/c1-5-20-18(21-10-14-6-8-16(19)9-7-14)22-12-17(24(2)3)15-11-23-25(4)13-15;/h6-9,11,13,17H,5,10,12H2,1-4H3,(H2,20,21,22);1H. The summed E-state index contributed by atoms with van der Waals surface area (Å²) >= 11 is 0. The SMILES string of the molecule is CCNC(=NCc1ccc(F)cc1)NCC(c1cnn(C)c1)N(C)C.I. The van der Waals surface area contributed by atoms with Crippen LogP contribution in [0.4, 0.5) is 4.39 Å². The van der Waals surface area contributed by atoms with Crippen LogP contribution < -0.4 is 10.6 Å². The molecule has 0 aliphatic rings. The van der Waals surface area contributed by atoms with E-state index < -0.39 is 0 Å². The third-order valence-electron chi connectivity index (χ3n) is 3.87. The number of rotatable bonds is 7. The van der Waals surface area contributed by atoms with Crippen LogP contribution in [0.1, 0.15) is 24.1 Å². The van der Waals surface area contributed by atoms with E-state index in [9.17, 15) is 4.39 Å². The van der Waals surface area contributed by atoms with E-state index in [1.807, 2.05) is 40.5 Å². The van der Waals surface area contributed by atoms with E-state index in [-0.39, 0.29) is 35.8 Å². The minimum atomic E-state index is -0.233. The van der Waals surface area contributed by atoms with Gasteiger partial charge in [0.05, 0.1) is 18.8 Å². The molecule has 1 unspecified atom stereocenters. The number of aromatic nitrogens is 2. The molecule has 0 aliphatic carbocycles. The summed E-state index contributed by atoms with van der Waals surface area (Å²) in [6.45, 7) is 4.00. The lowest BCUT2D eigenvalue weighted by Crippen LogP contribution is -2.41. The minimum Gasteiger partial charge on any atom is -0.357 e. The number of hydrogen-bond donors (Lipinski definition) is 2. The van der Waals surface area contributed by atoms with Crippen molar-refractivity contribution in [3.63, 3.8) is 0 Å².